The van der Waals surface area contributed by atoms with Crippen molar-refractivity contribution in [2.45, 2.75) is 38.1 Å². The van der Waals surface area contributed by atoms with Crippen LogP contribution in [-0.2, 0) is 6.42 Å². The van der Waals surface area contributed by atoms with Crippen LogP contribution < -0.4 is 14.8 Å². The number of halogens is 1. The normalized spacial score (nSPS) is 25.7. The van der Waals surface area contributed by atoms with Crippen LogP contribution in [0.15, 0.2) is 16.6 Å². The van der Waals surface area contributed by atoms with Gasteiger partial charge in [0.15, 0.2) is 11.5 Å². The molecule has 0 aromatic heterocycles. The lowest BCUT2D eigenvalue weighted by atomic mass is 9.87. The minimum atomic E-state index is 0.271. The molecule has 0 bridgehead atoms. The molecule has 1 aromatic rings. The molecule has 1 aromatic carbocycles. The quantitative estimate of drug-likeness (QED) is 0.929. The summed E-state index contributed by atoms with van der Waals surface area (Å²) in [7, 11) is 0. The Kier molecular flexibility index (Phi) is 3.24. The summed E-state index contributed by atoms with van der Waals surface area (Å²) in [6.07, 6.45) is 4.76. The molecule has 3 nitrogen and oxygen atoms in total. The summed E-state index contributed by atoms with van der Waals surface area (Å²) < 4.78 is 11.9. The van der Waals surface area contributed by atoms with E-state index in [1.807, 2.05) is 0 Å². The summed E-state index contributed by atoms with van der Waals surface area (Å²) in [6.45, 7) is 3.73. The first-order valence-electron chi connectivity index (χ1n) is 6.55. The van der Waals surface area contributed by atoms with E-state index in [0.717, 1.165) is 28.9 Å². The molecule has 1 unspecified atom stereocenters. The number of hydrogen-bond acceptors (Lipinski definition) is 3. The maximum Gasteiger partial charge on any atom is 0.231 e. The molecule has 98 valence electrons. The average Bonchev–Trinajstić information content (AvgIpc) is 2.98. The fourth-order valence-corrected chi connectivity index (χ4v) is 3.56. The van der Waals surface area contributed by atoms with Crippen LogP contribution >= 0.6 is 15.9 Å². The number of hydrogen-bond donors (Lipinski definition) is 1. The van der Waals surface area contributed by atoms with Crippen LogP contribution in [0.3, 0.4) is 0 Å². The van der Waals surface area contributed by atoms with Gasteiger partial charge in [-0.2, -0.15) is 0 Å². The fourth-order valence-electron chi connectivity index (χ4n) is 2.96. The van der Waals surface area contributed by atoms with Gasteiger partial charge in [-0.05, 0) is 65.9 Å². The number of fused-ring (bicyclic) bond motifs is 1. The van der Waals surface area contributed by atoms with Gasteiger partial charge in [0, 0.05) is 5.54 Å². The molecule has 4 heteroatoms. The third-order valence-electron chi connectivity index (χ3n) is 4.04. The molecule has 2 aliphatic rings. The smallest absolute Gasteiger partial charge is 0.231 e. The molecule has 18 heavy (non-hydrogen) atoms. The zero-order chi connectivity index (χ0) is 12.6. The number of nitrogens with one attached hydrogen (secondary N) is 1. The van der Waals surface area contributed by atoms with Crippen LogP contribution in [0, 0.1) is 0 Å². The summed E-state index contributed by atoms with van der Waals surface area (Å²) in [5.41, 5.74) is 1.58. The zero-order valence-corrected chi connectivity index (χ0v) is 12.2. The second kappa shape index (κ2) is 4.74. The Labute approximate surface area is 116 Å². The highest BCUT2D eigenvalue weighted by Crippen LogP contribution is 2.41. The Bertz CT molecular complexity index is 455. The van der Waals surface area contributed by atoms with Crippen LogP contribution in [0.4, 0.5) is 0 Å². The van der Waals surface area contributed by atoms with Crippen molar-refractivity contribution in [2.24, 2.45) is 0 Å². The Morgan fingerprint density at radius 1 is 1.39 bits per heavy atom. The van der Waals surface area contributed by atoms with E-state index in [0.29, 0.717) is 6.79 Å². The minimum absolute atomic E-state index is 0.271. The predicted molar refractivity (Wildman–Crippen MR) is 74.2 cm³/mol. The monoisotopic (exact) mass is 311 g/mol. The van der Waals surface area contributed by atoms with E-state index in [-0.39, 0.29) is 5.54 Å². The molecule has 2 heterocycles. The molecule has 0 aliphatic carbocycles. The van der Waals surface area contributed by atoms with E-state index in [2.05, 4.69) is 40.3 Å². The molecule has 1 saturated heterocycles. The maximum atomic E-state index is 5.48. The van der Waals surface area contributed by atoms with Gasteiger partial charge in [0.25, 0.3) is 0 Å². The third kappa shape index (κ3) is 2.12. The van der Waals surface area contributed by atoms with Crippen molar-refractivity contribution in [2.75, 3.05) is 13.3 Å². The van der Waals surface area contributed by atoms with E-state index < -0.39 is 0 Å². The van der Waals surface area contributed by atoms with E-state index >= 15 is 0 Å². The molecule has 1 N–H and O–H groups in total. The highest BCUT2D eigenvalue weighted by atomic mass is 79.9. The molecule has 2 aliphatic heterocycles. The van der Waals surface area contributed by atoms with E-state index in [1.54, 1.807) is 0 Å². The topological polar surface area (TPSA) is 30.5 Å². The molecule has 0 amide bonds. The van der Waals surface area contributed by atoms with Crippen molar-refractivity contribution in [3.8, 4) is 11.5 Å². The zero-order valence-electron chi connectivity index (χ0n) is 10.6. The molecule has 0 radical (unpaired) electrons. The maximum absolute atomic E-state index is 5.48. The van der Waals surface area contributed by atoms with Crippen LogP contribution in [0.1, 0.15) is 31.7 Å². The summed E-state index contributed by atoms with van der Waals surface area (Å²) in [4.78, 5) is 0. The van der Waals surface area contributed by atoms with Gasteiger partial charge in [-0.1, -0.05) is 6.92 Å². The second-order valence-electron chi connectivity index (χ2n) is 5.15. The number of benzene rings is 1. The van der Waals surface area contributed by atoms with Crippen LogP contribution in [0.5, 0.6) is 11.5 Å². The van der Waals surface area contributed by atoms with Gasteiger partial charge in [-0.25, -0.2) is 0 Å². The van der Waals surface area contributed by atoms with Crippen molar-refractivity contribution in [3.05, 3.63) is 22.2 Å². The van der Waals surface area contributed by atoms with Crippen LogP contribution in [0.2, 0.25) is 0 Å². The van der Waals surface area contributed by atoms with Crippen molar-refractivity contribution in [1.29, 1.82) is 0 Å². The molecule has 3 rings (SSSR count). The van der Waals surface area contributed by atoms with Gasteiger partial charge in [-0.3, -0.25) is 0 Å². The van der Waals surface area contributed by atoms with E-state index in [1.165, 1.54) is 24.8 Å². The van der Waals surface area contributed by atoms with Crippen molar-refractivity contribution in [3.63, 3.8) is 0 Å². The minimum Gasteiger partial charge on any atom is -0.454 e. The molecule has 1 fully saturated rings. The fraction of sp³-hybridized carbons (Fsp3) is 0.571. The average molecular weight is 312 g/mol. The Morgan fingerprint density at radius 2 is 2.28 bits per heavy atom. The molecule has 1 atom stereocenters. The number of rotatable bonds is 3. The summed E-state index contributed by atoms with van der Waals surface area (Å²) in [5, 5.41) is 3.67. The standard InChI is InChI=1S/C14H18BrNO2/c1-2-14(4-3-5-16-14)8-10-6-11(15)13-12(7-10)17-9-18-13/h6-7,16H,2-5,8-9H2,1H3. The van der Waals surface area contributed by atoms with Gasteiger partial charge >= 0.3 is 0 Å². The number of ether oxygens (including phenoxy) is 2. The predicted octanol–water partition coefficient (Wildman–Crippen LogP) is 3.25. The molecular formula is C14H18BrNO2. The van der Waals surface area contributed by atoms with Crippen molar-refractivity contribution in [1.82, 2.24) is 5.32 Å². The summed E-state index contributed by atoms with van der Waals surface area (Å²) in [6, 6.07) is 4.27. The van der Waals surface area contributed by atoms with Gasteiger partial charge in [0.2, 0.25) is 6.79 Å². The Balaban J connectivity index is 1.87. The highest BCUT2D eigenvalue weighted by molar-refractivity contribution is 9.10. The first kappa shape index (κ1) is 12.3. The summed E-state index contributed by atoms with van der Waals surface area (Å²) >= 11 is 3.56. The van der Waals surface area contributed by atoms with Crippen molar-refractivity contribution >= 4 is 15.9 Å². The van der Waals surface area contributed by atoms with E-state index in [9.17, 15) is 0 Å². The largest absolute Gasteiger partial charge is 0.454 e. The molecule has 0 spiro atoms. The van der Waals surface area contributed by atoms with Gasteiger partial charge in [0.05, 0.1) is 4.47 Å². The van der Waals surface area contributed by atoms with E-state index in [4.69, 9.17) is 9.47 Å². The van der Waals surface area contributed by atoms with Gasteiger partial charge in [0.1, 0.15) is 0 Å². The molecule has 0 saturated carbocycles. The second-order valence-corrected chi connectivity index (χ2v) is 6.01. The lowest BCUT2D eigenvalue weighted by molar-refractivity contribution is 0.173. The van der Waals surface area contributed by atoms with Crippen LogP contribution in [-0.4, -0.2) is 18.9 Å². The SMILES string of the molecule is CCC1(Cc2cc(Br)c3c(c2)OCO3)CCCN1. The lowest BCUT2D eigenvalue weighted by Crippen LogP contribution is -2.41. The Morgan fingerprint density at radius 3 is 3.00 bits per heavy atom. The van der Waals surface area contributed by atoms with Gasteiger partial charge < -0.3 is 14.8 Å². The summed E-state index contributed by atoms with van der Waals surface area (Å²) in [5.74, 6) is 1.70. The van der Waals surface area contributed by atoms with Gasteiger partial charge in [-0.15, -0.1) is 0 Å². The lowest BCUT2D eigenvalue weighted by Gasteiger charge is -2.28. The Hall–Kier alpha value is -0.740. The third-order valence-corrected chi connectivity index (χ3v) is 4.63. The molecular weight excluding hydrogens is 294 g/mol. The first-order chi connectivity index (χ1) is 8.72. The highest BCUT2D eigenvalue weighted by Gasteiger charge is 2.32. The van der Waals surface area contributed by atoms with Crippen molar-refractivity contribution < 1.29 is 9.47 Å². The first-order valence-corrected chi connectivity index (χ1v) is 7.35. The van der Waals surface area contributed by atoms with Crippen LogP contribution in [0.25, 0.3) is 0 Å².